The Labute approximate surface area is 138 Å². The minimum Gasteiger partial charge on any atom is -0.421 e. The molecule has 1 aromatic carbocycles. The molecule has 1 unspecified atom stereocenters. The monoisotopic (exact) mass is 333 g/mol. The number of benzene rings is 1. The van der Waals surface area contributed by atoms with Gasteiger partial charge in [-0.25, -0.2) is 0 Å². The first-order chi connectivity index (χ1) is 10.5. The predicted molar refractivity (Wildman–Crippen MR) is 89.5 cm³/mol. The Balaban J connectivity index is 1.66. The topological polar surface area (TPSA) is 59.2 Å². The minimum absolute atomic E-state index is 0.0493. The number of nitrogens with zero attached hydrogens (tertiary/aromatic N) is 3. The van der Waals surface area contributed by atoms with Gasteiger partial charge in [-0.3, -0.25) is 9.69 Å². The summed E-state index contributed by atoms with van der Waals surface area (Å²) >= 11 is 6.62. The maximum atomic E-state index is 11.9. The highest BCUT2D eigenvalue weighted by molar-refractivity contribution is 8.24. The number of hydrogen-bond acceptors (Lipinski definition) is 6. The highest BCUT2D eigenvalue weighted by Gasteiger charge is 2.33. The molecule has 3 rings (SSSR count). The number of amides is 1. The van der Waals surface area contributed by atoms with E-state index in [1.54, 1.807) is 4.90 Å². The van der Waals surface area contributed by atoms with E-state index in [0.29, 0.717) is 29.1 Å². The van der Waals surface area contributed by atoms with Crippen LogP contribution < -0.4 is 0 Å². The Hall–Kier alpha value is -1.73. The molecule has 7 heteroatoms. The van der Waals surface area contributed by atoms with Gasteiger partial charge in [-0.15, -0.1) is 10.2 Å². The molecule has 22 heavy (non-hydrogen) atoms. The minimum atomic E-state index is -0.0988. The van der Waals surface area contributed by atoms with Crippen LogP contribution in [0.2, 0.25) is 0 Å². The fourth-order valence-electron chi connectivity index (χ4n) is 2.15. The van der Waals surface area contributed by atoms with Gasteiger partial charge in [0.2, 0.25) is 17.7 Å². The van der Waals surface area contributed by atoms with Crippen LogP contribution in [-0.4, -0.2) is 37.1 Å². The maximum absolute atomic E-state index is 11.9. The summed E-state index contributed by atoms with van der Waals surface area (Å²) in [7, 11) is 0. The first-order valence-corrected chi connectivity index (χ1v) is 8.25. The van der Waals surface area contributed by atoms with Crippen molar-refractivity contribution in [2.45, 2.75) is 25.5 Å². The fourth-order valence-corrected chi connectivity index (χ4v) is 3.60. The van der Waals surface area contributed by atoms with Gasteiger partial charge >= 0.3 is 0 Å². The first-order valence-electron chi connectivity index (χ1n) is 6.96. The average molecular weight is 333 g/mol. The van der Waals surface area contributed by atoms with Crippen LogP contribution in [0.3, 0.4) is 0 Å². The van der Waals surface area contributed by atoms with Gasteiger partial charge in [0.25, 0.3) is 0 Å². The summed E-state index contributed by atoms with van der Waals surface area (Å²) in [5.74, 6) is 1.05. The standard InChI is InChI=1S/C15H15N3O2S2/c1-9-3-5-11(6-4-9)13-17-16-12(20-13)7-8-18-14(19)10(2)22-15(18)21/h3-6,10H,7-8H2,1-2H3. The molecule has 5 nitrogen and oxygen atoms in total. The lowest BCUT2D eigenvalue weighted by Crippen LogP contribution is -2.32. The molecular formula is C15H15N3O2S2. The predicted octanol–water partition coefficient (Wildman–Crippen LogP) is 2.84. The van der Waals surface area contributed by atoms with Crippen molar-refractivity contribution in [1.29, 1.82) is 0 Å². The molecule has 0 radical (unpaired) electrons. The van der Waals surface area contributed by atoms with Crippen molar-refractivity contribution >= 4 is 34.2 Å². The smallest absolute Gasteiger partial charge is 0.247 e. The molecule has 1 aliphatic heterocycles. The molecule has 1 aliphatic rings. The van der Waals surface area contributed by atoms with Gasteiger partial charge in [0.15, 0.2) is 0 Å². The Kier molecular flexibility index (Phi) is 4.26. The van der Waals surface area contributed by atoms with E-state index < -0.39 is 0 Å². The molecule has 2 heterocycles. The molecule has 0 saturated carbocycles. The first kappa shape index (κ1) is 15.2. The number of carbonyl (C=O) groups is 1. The van der Waals surface area contributed by atoms with Gasteiger partial charge in [0.05, 0.1) is 5.25 Å². The normalized spacial score (nSPS) is 18.3. The van der Waals surface area contributed by atoms with E-state index in [-0.39, 0.29) is 11.2 Å². The molecule has 0 N–H and O–H groups in total. The third-order valence-corrected chi connectivity index (χ3v) is 4.91. The molecule has 1 atom stereocenters. The van der Waals surface area contributed by atoms with Gasteiger partial charge in [0, 0.05) is 18.5 Å². The Morgan fingerprint density at radius 1 is 1.32 bits per heavy atom. The molecule has 1 amide bonds. The zero-order valence-electron chi connectivity index (χ0n) is 12.3. The van der Waals surface area contributed by atoms with Crippen LogP contribution in [0, 0.1) is 6.92 Å². The summed E-state index contributed by atoms with van der Waals surface area (Å²) in [6.07, 6.45) is 0.498. The quantitative estimate of drug-likeness (QED) is 0.802. The number of thioether (sulfide) groups is 1. The van der Waals surface area contributed by atoms with Crippen LogP contribution in [0.15, 0.2) is 28.7 Å². The fraction of sp³-hybridized carbons (Fsp3) is 0.333. The van der Waals surface area contributed by atoms with E-state index in [0.717, 1.165) is 5.56 Å². The van der Waals surface area contributed by atoms with Gasteiger partial charge in [-0.1, -0.05) is 41.7 Å². The van der Waals surface area contributed by atoms with E-state index in [4.69, 9.17) is 16.6 Å². The number of aromatic nitrogens is 2. The number of aryl methyl sites for hydroxylation is 1. The Bertz CT molecular complexity index is 712. The van der Waals surface area contributed by atoms with Crippen LogP contribution in [0.1, 0.15) is 18.4 Å². The van der Waals surface area contributed by atoms with Crippen molar-refractivity contribution in [2.75, 3.05) is 6.54 Å². The summed E-state index contributed by atoms with van der Waals surface area (Å²) < 4.78 is 6.28. The molecule has 1 aromatic heterocycles. The molecule has 2 aromatic rings. The number of hydrogen-bond donors (Lipinski definition) is 0. The highest BCUT2D eigenvalue weighted by Crippen LogP contribution is 2.27. The van der Waals surface area contributed by atoms with Crippen molar-refractivity contribution in [2.24, 2.45) is 0 Å². The lowest BCUT2D eigenvalue weighted by molar-refractivity contribution is -0.125. The van der Waals surface area contributed by atoms with E-state index in [1.165, 1.54) is 17.3 Å². The second-order valence-corrected chi connectivity index (χ2v) is 7.11. The number of rotatable bonds is 4. The van der Waals surface area contributed by atoms with Crippen molar-refractivity contribution in [3.63, 3.8) is 0 Å². The molecule has 1 saturated heterocycles. The molecule has 114 valence electrons. The van der Waals surface area contributed by atoms with Crippen LogP contribution in [0.25, 0.3) is 11.5 Å². The van der Waals surface area contributed by atoms with E-state index in [2.05, 4.69) is 10.2 Å². The molecule has 1 fully saturated rings. The third-order valence-electron chi connectivity index (χ3n) is 3.43. The van der Waals surface area contributed by atoms with Gasteiger partial charge in [-0.05, 0) is 26.0 Å². The average Bonchev–Trinajstić information content (AvgIpc) is 3.05. The number of thiocarbonyl (C=S) groups is 1. The zero-order valence-corrected chi connectivity index (χ0v) is 13.9. The van der Waals surface area contributed by atoms with E-state index in [1.807, 2.05) is 38.1 Å². The molecule has 0 aliphatic carbocycles. The number of carbonyl (C=O) groups excluding carboxylic acids is 1. The van der Waals surface area contributed by atoms with Crippen LogP contribution in [0.4, 0.5) is 0 Å². The van der Waals surface area contributed by atoms with E-state index in [9.17, 15) is 4.79 Å². The SMILES string of the molecule is Cc1ccc(-c2nnc(CCN3C(=O)C(C)SC3=S)o2)cc1. The van der Waals surface area contributed by atoms with Crippen molar-refractivity contribution < 1.29 is 9.21 Å². The van der Waals surface area contributed by atoms with Crippen LogP contribution >= 0.6 is 24.0 Å². The Morgan fingerprint density at radius 2 is 2.05 bits per heavy atom. The van der Waals surface area contributed by atoms with Gasteiger partial charge < -0.3 is 4.42 Å². The van der Waals surface area contributed by atoms with E-state index >= 15 is 0 Å². The second-order valence-electron chi connectivity index (χ2n) is 5.13. The van der Waals surface area contributed by atoms with Crippen molar-refractivity contribution in [3.8, 4) is 11.5 Å². The summed E-state index contributed by atoms with van der Waals surface area (Å²) in [6.45, 7) is 4.37. The highest BCUT2D eigenvalue weighted by atomic mass is 32.2. The van der Waals surface area contributed by atoms with Gasteiger partial charge in [0.1, 0.15) is 4.32 Å². The summed E-state index contributed by atoms with van der Waals surface area (Å²) in [6, 6.07) is 7.90. The lowest BCUT2D eigenvalue weighted by Gasteiger charge is -2.13. The largest absolute Gasteiger partial charge is 0.421 e. The second kappa shape index (κ2) is 6.18. The molecular weight excluding hydrogens is 318 g/mol. The summed E-state index contributed by atoms with van der Waals surface area (Å²) in [5, 5.41) is 8.00. The van der Waals surface area contributed by atoms with Gasteiger partial charge in [-0.2, -0.15) is 0 Å². The summed E-state index contributed by atoms with van der Waals surface area (Å²) in [5.41, 5.74) is 2.07. The zero-order chi connectivity index (χ0) is 15.7. The van der Waals surface area contributed by atoms with Crippen molar-refractivity contribution in [1.82, 2.24) is 15.1 Å². The lowest BCUT2D eigenvalue weighted by atomic mass is 10.1. The van der Waals surface area contributed by atoms with Crippen LogP contribution in [0.5, 0.6) is 0 Å². The Morgan fingerprint density at radius 3 is 2.68 bits per heavy atom. The molecule has 0 bridgehead atoms. The molecule has 0 spiro atoms. The third kappa shape index (κ3) is 3.05. The maximum Gasteiger partial charge on any atom is 0.247 e. The van der Waals surface area contributed by atoms with Crippen LogP contribution in [-0.2, 0) is 11.2 Å². The summed E-state index contributed by atoms with van der Waals surface area (Å²) in [4.78, 5) is 13.6. The van der Waals surface area contributed by atoms with Crippen molar-refractivity contribution in [3.05, 3.63) is 35.7 Å².